The van der Waals surface area contributed by atoms with Crippen molar-refractivity contribution >= 4 is 11.8 Å². The first-order valence-electron chi connectivity index (χ1n) is 8.49. The molecule has 2 N–H and O–H groups in total. The molecule has 7 heteroatoms. The van der Waals surface area contributed by atoms with Gasteiger partial charge in [0.15, 0.2) is 0 Å². The lowest BCUT2D eigenvalue weighted by molar-refractivity contribution is -0.128. The molecule has 0 aliphatic heterocycles. The smallest absolute Gasteiger partial charge is 0.225 e. The third kappa shape index (κ3) is 5.15. The Labute approximate surface area is 152 Å². The van der Waals surface area contributed by atoms with Gasteiger partial charge in [-0.2, -0.15) is 0 Å². The van der Waals surface area contributed by atoms with Crippen molar-refractivity contribution in [2.75, 3.05) is 6.54 Å². The van der Waals surface area contributed by atoms with E-state index < -0.39 is 11.5 Å². The van der Waals surface area contributed by atoms with Crippen LogP contribution in [0, 0.1) is 11.2 Å². The predicted octanol–water partition coefficient (Wildman–Crippen LogP) is 2.32. The minimum Gasteiger partial charge on any atom is -0.355 e. The van der Waals surface area contributed by atoms with Gasteiger partial charge in [-0.15, -0.1) is 0 Å². The van der Waals surface area contributed by atoms with Gasteiger partial charge in [-0.25, -0.2) is 9.37 Å². The number of amides is 2. The minimum atomic E-state index is -0.500. The van der Waals surface area contributed by atoms with Gasteiger partial charge in [-0.05, 0) is 17.7 Å². The zero-order valence-electron chi connectivity index (χ0n) is 15.5. The van der Waals surface area contributed by atoms with Gasteiger partial charge >= 0.3 is 0 Å². The van der Waals surface area contributed by atoms with Crippen LogP contribution in [-0.2, 0) is 16.6 Å². The van der Waals surface area contributed by atoms with Gasteiger partial charge < -0.3 is 15.2 Å². The molecule has 1 atom stereocenters. The molecule has 0 saturated carbocycles. The number of nitrogens with one attached hydrogen (secondary N) is 2. The van der Waals surface area contributed by atoms with E-state index in [1.165, 1.54) is 12.1 Å². The van der Waals surface area contributed by atoms with Crippen molar-refractivity contribution in [3.63, 3.8) is 0 Å². The van der Waals surface area contributed by atoms with Crippen molar-refractivity contribution in [3.8, 4) is 0 Å². The molecule has 0 bridgehead atoms. The molecule has 2 rings (SSSR count). The highest BCUT2D eigenvalue weighted by atomic mass is 19.1. The zero-order valence-corrected chi connectivity index (χ0v) is 15.5. The van der Waals surface area contributed by atoms with Crippen LogP contribution in [0.2, 0.25) is 0 Å². The first kappa shape index (κ1) is 19.6. The molecular weight excluding hydrogens is 335 g/mol. The van der Waals surface area contributed by atoms with E-state index in [1.54, 1.807) is 29.1 Å². The summed E-state index contributed by atoms with van der Waals surface area (Å²) >= 11 is 0. The SMILES string of the molecule is Cn1ccnc1C(NC(=O)CCNC(=O)C(C)(C)C)c1ccc(F)cc1. The fourth-order valence-electron chi connectivity index (χ4n) is 2.40. The summed E-state index contributed by atoms with van der Waals surface area (Å²) in [5.41, 5.74) is 0.230. The molecule has 0 spiro atoms. The van der Waals surface area contributed by atoms with E-state index >= 15 is 0 Å². The highest BCUT2D eigenvalue weighted by molar-refractivity contribution is 5.82. The Morgan fingerprint density at radius 1 is 1.23 bits per heavy atom. The van der Waals surface area contributed by atoms with Crippen molar-refractivity contribution < 1.29 is 14.0 Å². The molecule has 1 aromatic carbocycles. The normalized spacial score (nSPS) is 12.5. The summed E-state index contributed by atoms with van der Waals surface area (Å²) in [6, 6.07) is 5.44. The van der Waals surface area contributed by atoms with Crippen LogP contribution >= 0.6 is 0 Å². The standard InChI is InChI=1S/C19H25FN4O2/c1-19(2,3)18(26)22-10-9-15(25)23-16(17-21-11-12-24(17)4)13-5-7-14(20)8-6-13/h5-8,11-12,16H,9-10H2,1-4H3,(H,22,26)(H,23,25). The average molecular weight is 360 g/mol. The average Bonchev–Trinajstić information content (AvgIpc) is 2.98. The second-order valence-electron chi connectivity index (χ2n) is 7.20. The van der Waals surface area contributed by atoms with E-state index in [9.17, 15) is 14.0 Å². The number of hydrogen-bond donors (Lipinski definition) is 2. The Morgan fingerprint density at radius 2 is 1.88 bits per heavy atom. The van der Waals surface area contributed by atoms with Crippen LogP contribution in [0.25, 0.3) is 0 Å². The summed E-state index contributed by atoms with van der Waals surface area (Å²) in [5, 5.41) is 5.66. The maximum Gasteiger partial charge on any atom is 0.225 e. The molecule has 0 saturated heterocycles. The molecule has 26 heavy (non-hydrogen) atoms. The fraction of sp³-hybridized carbons (Fsp3) is 0.421. The first-order valence-corrected chi connectivity index (χ1v) is 8.49. The topological polar surface area (TPSA) is 76.0 Å². The van der Waals surface area contributed by atoms with Crippen LogP contribution in [0.1, 0.15) is 44.6 Å². The minimum absolute atomic E-state index is 0.107. The second kappa shape index (κ2) is 8.12. The summed E-state index contributed by atoms with van der Waals surface area (Å²) in [7, 11) is 1.83. The molecule has 0 aliphatic rings. The summed E-state index contributed by atoms with van der Waals surface area (Å²) in [4.78, 5) is 28.5. The van der Waals surface area contributed by atoms with E-state index in [2.05, 4.69) is 15.6 Å². The van der Waals surface area contributed by atoms with Crippen LogP contribution in [0.5, 0.6) is 0 Å². The van der Waals surface area contributed by atoms with Crippen LogP contribution < -0.4 is 10.6 Å². The summed E-state index contributed by atoms with van der Waals surface area (Å²) in [5.74, 6) is -0.0340. The highest BCUT2D eigenvalue weighted by Gasteiger charge is 2.22. The molecule has 140 valence electrons. The summed E-state index contributed by atoms with van der Waals surface area (Å²) < 4.78 is 15.0. The third-order valence-electron chi connectivity index (χ3n) is 3.94. The van der Waals surface area contributed by atoms with Gasteiger partial charge in [0.25, 0.3) is 0 Å². The van der Waals surface area contributed by atoms with E-state index in [0.29, 0.717) is 5.82 Å². The molecule has 0 fully saturated rings. The number of aryl methyl sites for hydroxylation is 1. The number of rotatable bonds is 6. The van der Waals surface area contributed by atoms with Crippen molar-refractivity contribution in [2.24, 2.45) is 12.5 Å². The van der Waals surface area contributed by atoms with Crippen LogP contribution in [0.15, 0.2) is 36.7 Å². The molecule has 6 nitrogen and oxygen atoms in total. The number of carbonyl (C=O) groups is 2. The molecule has 0 aliphatic carbocycles. The van der Waals surface area contributed by atoms with Gasteiger partial charge in [0.1, 0.15) is 17.7 Å². The number of aromatic nitrogens is 2. The molecule has 1 unspecified atom stereocenters. The Morgan fingerprint density at radius 3 is 2.42 bits per heavy atom. The molecule has 2 aromatic rings. The van der Waals surface area contributed by atoms with Gasteiger partial charge in [0.05, 0.1) is 0 Å². The lowest BCUT2D eigenvalue weighted by Gasteiger charge is -2.20. The van der Waals surface area contributed by atoms with Gasteiger partial charge in [-0.3, -0.25) is 9.59 Å². The van der Waals surface area contributed by atoms with Crippen LogP contribution in [0.4, 0.5) is 4.39 Å². The first-order chi connectivity index (χ1) is 12.2. The predicted molar refractivity (Wildman–Crippen MR) is 96.7 cm³/mol. The quantitative estimate of drug-likeness (QED) is 0.830. The summed E-state index contributed by atoms with van der Waals surface area (Å²) in [6.45, 7) is 5.69. The molecule has 1 aromatic heterocycles. The fourth-order valence-corrected chi connectivity index (χ4v) is 2.40. The lowest BCUT2D eigenvalue weighted by Crippen LogP contribution is -2.38. The van der Waals surface area contributed by atoms with Crippen molar-refractivity contribution in [3.05, 3.63) is 53.9 Å². The Bertz CT molecular complexity index is 763. The monoisotopic (exact) mass is 360 g/mol. The van der Waals surface area contributed by atoms with Gasteiger partial charge in [0.2, 0.25) is 11.8 Å². The van der Waals surface area contributed by atoms with Gasteiger partial charge in [0, 0.05) is 37.8 Å². The van der Waals surface area contributed by atoms with Crippen LogP contribution in [-0.4, -0.2) is 27.9 Å². The van der Waals surface area contributed by atoms with E-state index in [-0.39, 0.29) is 30.6 Å². The molecule has 1 heterocycles. The molecule has 2 amide bonds. The maximum atomic E-state index is 13.2. The van der Waals surface area contributed by atoms with Crippen molar-refractivity contribution in [2.45, 2.75) is 33.2 Å². The highest BCUT2D eigenvalue weighted by Crippen LogP contribution is 2.21. The largest absolute Gasteiger partial charge is 0.355 e. The Balaban J connectivity index is 2.05. The van der Waals surface area contributed by atoms with Crippen molar-refractivity contribution in [1.82, 2.24) is 20.2 Å². The third-order valence-corrected chi connectivity index (χ3v) is 3.94. The lowest BCUT2D eigenvalue weighted by atomic mass is 9.96. The van der Waals surface area contributed by atoms with Crippen LogP contribution in [0.3, 0.4) is 0 Å². The van der Waals surface area contributed by atoms with Gasteiger partial charge in [-0.1, -0.05) is 32.9 Å². The van der Waals surface area contributed by atoms with E-state index in [4.69, 9.17) is 0 Å². The number of carbonyl (C=O) groups excluding carboxylic acids is 2. The number of nitrogens with zero attached hydrogens (tertiary/aromatic N) is 2. The number of imidazole rings is 1. The molecular formula is C19H25FN4O2. The number of halogens is 1. The maximum absolute atomic E-state index is 13.2. The number of benzene rings is 1. The van der Waals surface area contributed by atoms with Crippen molar-refractivity contribution in [1.29, 1.82) is 0 Å². The second-order valence-corrected chi connectivity index (χ2v) is 7.20. The summed E-state index contributed by atoms with van der Waals surface area (Å²) in [6.07, 6.45) is 3.56. The van der Waals surface area contributed by atoms with E-state index in [0.717, 1.165) is 5.56 Å². The number of hydrogen-bond acceptors (Lipinski definition) is 3. The molecule has 0 radical (unpaired) electrons. The Kier molecular flexibility index (Phi) is 6.13. The van der Waals surface area contributed by atoms with E-state index in [1.807, 2.05) is 27.8 Å². The zero-order chi connectivity index (χ0) is 19.3. The Hall–Kier alpha value is -2.70.